The van der Waals surface area contributed by atoms with E-state index in [1.165, 1.54) is 24.8 Å². The summed E-state index contributed by atoms with van der Waals surface area (Å²) >= 11 is 0.513. The molecular weight excluding hydrogens is 721 g/mol. The van der Waals surface area contributed by atoms with Crippen LogP contribution in [0.2, 0.25) is 0 Å². The molecule has 0 saturated heterocycles. The summed E-state index contributed by atoms with van der Waals surface area (Å²) in [5, 5.41) is 12.9. The number of primary sulfonamides is 2. The van der Waals surface area contributed by atoms with E-state index in [9.17, 15) is 34.8 Å². The van der Waals surface area contributed by atoms with E-state index in [-0.39, 0.29) is 43.9 Å². The van der Waals surface area contributed by atoms with Crippen molar-refractivity contribution in [3.63, 3.8) is 0 Å². The summed E-state index contributed by atoms with van der Waals surface area (Å²) in [6.45, 7) is 6.72. The standard InChI is InChI=1S/C30H38N4O11S4/c1-5-7-13-33-23-15-20(16-25(48(31,39)40)27(23)45-21-11-9-8-10-12-21)28(35)43-19(4)44-30(36)34(6-2)24-14-18(3)47(37,38)29-22(24)17-26(46-29)49(32,41)42/h8-12,15-19,24,33H,5-7,13-14H2,1-4H3,(H2,31,39,40)(H2,32,41,42)/t18-,19?,24-/m0/s1. The maximum atomic E-state index is 13.4. The van der Waals surface area contributed by atoms with Gasteiger partial charge in [0.25, 0.3) is 0 Å². The quantitative estimate of drug-likeness (QED) is 0.126. The van der Waals surface area contributed by atoms with Crippen molar-refractivity contribution in [3.05, 3.63) is 59.7 Å². The molecule has 0 aliphatic carbocycles. The number of benzene rings is 2. The zero-order chi connectivity index (χ0) is 36.3. The minimum atomic E-state index is -4.43. The molecule has 268 valence electrons. The SMILES string of the molecule is CCCCNc1cc(C(=O)OC(C)OC(=O)N(CC)[C@H]2C[C@H](C)S(=O)(=O)c3sc(S(N)(=O)=O)cc32)cc(S(N)(=O)=O)c1Oc1ccccc1. The number of carbonyl (C=O) groups is 2. The van der Waals surface area contributed by atoms with Crippen LogP contribution in [-0.4, -0.2) is 66.8 Å². The predicted octanol–water partition coefficient (Wildman–Crippen LogP) is 4.32. The lowest BCUT2D eigenvalue weighted by Gasteiger charge is -2.35. The normalized spacial score (nSPS) is 17.8. The zero-order valence-corrected chi connectivity index (χ0v) is 30.4. The Kier molecular flexibility index (Phi) is 11.7. The van der Waals surface area contributed by atoms with Crippen molar-refractivity contribution < 1.29 is 49.1 Å². The highest BCUT2D eigenvalue weighted by Crippen LogP contribution is 2.45. The first-order chi connectivity index (χ1) is 22.9. The van der Waals surface area contributed by atoms with Crippen LogP contribution in [0.1, 0.15) is 68.9 Å². The molecule has 0 bridgehead atoms. The molecule has 3 aromatic rings. The Hall–Kier alpha value is -3.75. The predicted molar refractivity (Wildman–Crippen MR) is 181 cm³/mol. The molecule has 1 aliphatic rings. The zero-order valence-electron chi connectivity index (χ0n) is 27.1. The average molecular weight is 759 g/mol. The van der Waals surface area contributed by atoms with E-state index >= 15 is 0 Å². The number of nitrogens with two attached hydrogens (primary N) is 2. The van der Waals surface area contributed by atoms with Gasteiger partial charge in [0, 0.05) is 25.6 Å². The van der Waals surface area contributed by atoms with E-state index in [2.05, 4.69) is 5.32 Å². The summed E-state index contributed by atoms with van der Waals surface area (Å²) in [6.07, 6.45) is -1.01. The van der Waals surface area contributed by atoms with Crippen LogP contribution in [0.4, 0.5) is 10.5 Å². The molecule has 15 nitrogen and oxygen atoms in total. The molecule has 0 saturated carbocycles. The summed E-state index contributed by atoms with van der Waals surface area (Å²) in [5.74, 6) is -0.849. The molecule has 0 fully saturated rings. The number of nitrogens with one attached hydrogen (secondary N) is 1. The highest BCUT2D eigenvalue weighted by atomic mass is 32.3. The van der Waals surface area contributed by atoms with Crippen molar-refractivity contribution in [2.75, 3.05) is 18.4 Å². The fraction of sp³-hybridized carbons (Fsp3) is 0.400. The molecule has 5 N–H and O–H groups in total. The van der Waals surface area contributed by atoms with E-state index in [1.807, 2.05) is 6.92 Å². The second kappa shape index (κ2) is 15.0. The number of sulfonamides is 2. The lowest BCUT2D eigenvalue weighted by atomic mass is 10.0. The Morgan fingerprint density at radius 3 is 2.31 bits per heavy atom. The van der Waals surface area contributed by atoms with Crippen molar-refractivity contribution in [1.82, 2.24) is 4.90 Å². The maximum absolute atomic E-state index is 13.4. The monoisotopic (exact) mass is 758 g/mol. The maximum Gasteiger partial charge on any atom is 0.413 e. The van der Waals surface area contributed by atoms with Crippen molar-refractivity contribution in [2.45, 2.75) is 77.9 Å². The summed E-state index contributed by atoms with van der Waals surface area (Å²) in [5.41, 5.74) is 0.0137. The van der Waals surface area contributed by atoms with Crippen LogP contribution in [0.5, 0.6) is 11.5 Å². The van der Waals surface area contributed by atoms with E-state index < -0.39 is 64.4 Å². The highest BCUT2D eigenvalue weighted by Gasteiger charge is 2.43. The van der Waals surface area contributed by atoms with Gasteiger partial charge in [0.05, 0.1) is 22.5 Å². The first kappa shape index (κ1) is 38.1. The van der Waals surface area contributed by atoms with Crippen LogP contribution in [0, 0.1) is 0 Å². The molecule has 2 heterocycles. The largest absolute Gasteiger partial charge is 0.454 e. The number of fused-ring (bicyclic) bond motifs is 1. The molecule has 0 radical (unpaired) electrons. The van der Waals surface area contributed by atoms with Gasteiger partial charge in [-0.25, -0.2) is 45.1 Å². The molecule has 1 aromatic heterocycles. The molecule has 49 heavy (non-hydrogen) atoms. The molecule has 1 amide bonds. The van der Waals surface area contributed by atoms with E-state index in [0.29, 0.717) is 30.1 Å². The Morgan fingerprint density at radius 2 is 1.71 bits per heavy atom. The third kappa shape index (κ3) is 8.71. The summed E-state index contributed by atoms with van der Waals surface area (Å²) in [4.78, 5) is 27.4. The third-order valence-corrected chi connectivity index (χ3v) is 13.8. The van der Waals surface area contributed by atoms with Gasteiger partial charge in [-0.1, -0.05) is 31.5 Å². The van der Waals surface area contributed by atoms with Gasteiger partial charge >= 0.3 is 12.1 Å². The van der Waals surface area contributed by atoms with E-state index in [1.54, 1.807) is 37.3 Å². The highest BCUT2D eigenvalue weighted by molar-refractivity contribution is 7.95. The van der Waals surface area contributed by atoms with Crippen LogP contribution in [0.3, 0.4) is 0 Å². The second-order valence-corrected chi connectivity index (χ2v) is 18.1. The van der Waals surface area contributed by atoms with Gasteiger partial charge in [-0.2, -0.15) is 0 Å². The number of esters is 1. The summed E-state index contributed by atoms with van der Waals surface area (Å²) < 4.78 is 91.6. The number of ether oxygens (including phenoxy) is 3. The Labute approximate surface area is 289 Å². The first-order valence-corrected chi connectivity index (χ1v) is 20.6. The van der Waals surface area contributed by atoms with Crippen LogP contribution in [0.25, 0.3) is 0 Å². The Morgan fingerprint density at radius 1 is 1.04 bits per heavy atom. The van der Waals surface area contributed by atoms with Crippen LogP contribution >= 0.6 is 11.3 Å². The molecule has 2 aromatic carbocycles. The lowest BCUT2D eigenvalue weighted by Crippen LogP contribution is -2.41. The number of anilines is 1. The van der Waals surface area contributed by atoms with Crippen molar-refractivity contribution in [3.8, 4) is 11.5 Å². The number of nitrogens with zero attached hydrogens (tertiary/aromatic N) is 1. The fourth-order valence-corrected chi connectivity index (χ4v) is 10.2. The van der Waals surface area contributed by atoms with Crippen LogP contribution < -0.4 is 20.3 Å². The molecule has 19 heteroatoms. The number of unbranched alkanes of at least 4 members (excludes halogenated alkanes) is 1. The number of amides is 1. The number of para-hydroxylation sites is 1. The summed E-state index contributed by atoms with van der Waals surface area (Å²) in [7, 11) is -12.6. The Bertz CT molecular complexity index is 2030. The number of hydrogen-bond acceptors (Lipinski definition) is 13. The van der Waals surface area contributed by atoms with Gasteiger partial charge < -0.3 is 24.4 Å². The number of sulfone groups is 1. The number of thiophene rings is 1. The number of rotatable bonds is 13. The van der Waals surface area contributed by atoms with Gasteiger partial charge in [-0.15, -0.1) is 11.3 Å². The second-order valence-electron chi connectivity index (χ2n) is 11.2. The Balaban J connectivity index is 1.60. The topological polar surface area (TPSA) is 232 Å². The molecular formula is C30H38N4O11S4. The van der Waals surface area contributed by atoms with Gasteiger partial charge in [0.1, 0.15) is 19.1 Å². The van der Waals surface area contributed by atoms with Gasteiger partial charge in [0.15, 0.2) is 15.6 Å². The van der Waals surface area contributed by atoms with Gasteiger partial charge in [0.2, 0.25) is 26.3 Å². The van der Waals surface area contributed by atoms with Crippen molar-refractivity contribution in [1.29, 1.82) is 0 Å². The molecule has 1 unspecified atom stereocenters. The lowest BCUT2D eigenvalue weighted by molar-refractivity contribution is -0.0720. The van der Waals surface area contributed by atoms with Gasteiger partial charge in [-0.05, 0) is 57.0 Å². The van der Waals surface area contributed by atoms with Gasteiger partial charge in [-0.3, -0.25) is 0 Å². The smallest absolute Gasteiger partial charge is 0.413 e. The average Bonchev–Trinajstić information content (AvgIpc) is 3.49. The first-order valence-electron chi connectivity index (χ1n) is 15.1. The minimum absolute atomic E-state index is 0.0182. The molecule has 0 spiro atoms. The number of carbonyl (C=O) groups excluding carboxylic acids is 2. The molecule has 3 atom stereocenters. The fourth-order valence-electron chi connectivity index (χ4n) is 5.11. The van der Waals surface area contributed by atoms with Crippen LogP contribution in [0.15, 0.2) is 61.8 Å². The van der Waals surface area contributed by atoms with Crippen molar-refractivity contribution >= 4 is 59.0 Å². The van der Waals surface area contributed by atoms with E-state index in [4.69, 9.17) is 24.5 Å². The van der Waals surface area contributed by atoms with E-state index in [0.717, 1.165) is 18.6 Å². The van der Waals surface area contributed by atoms with Crippen LogP contribution in [-0.2, 0) is 39.4 Å². The molecule has 4 rings (SSSR count). The minimum Gasteiger partial charge on any atom is -0.454 e. The third-order valence-electron chi connectivity index (χ3n) is 7.58. The van der Waals surface area contributed by atoms with Crippen molar-refractivity contribution in [2.24, 2.45) is 10.3 Å². The molecule has 1 aliphatic heterocycles. The number of hydrogen-bond donors (Lipinski definition) is 3. The summed E-state index contributed by atoms with van der Waals surface area (Å²) in [6, 6.07) is 11.0.